The lowest BCUT2D eigenvalue weighted by molar-refractivity contribution is -0.124. The summed E-state index contributed by atoms with van der Waals surface area (Å²) < 4.78 is 0. The third-order valence-corrected chi connectivity index (χ3v) is 4.14. The maximum absolute atomic E-state index is 11.6. The molecule has 2 heterocycles. The van der Waals surface area contributed by atoms with E-state index in [9.17, 15) is 14.7 Å². The van der Waals surface area contributed by atoms with Crippen molar-refractivity contribution >= 4 is 28.7 Å². The van der Waals surface area contributed by atoms with E-state index in [2.05, 4.69) is 5.32 Å². The number of hydrogen-bond acceptors (Lipinski definition) is 4. The Labute approximate surface area is 119 Å². The molecule has 1 aliphatic rings. The van der Waals surface area contributed by atoms with Gasteiger partial charge in [0, 0.05) is 16.2 Å². The molecule has 1 aliphatic heterocycles. The zero-order valence-corrected chi connectivity index (χ0v) is 11.2. The fourth-order valence-electron chi connectivity index (χ4n) is 2.08. The highest BCUT2D eigenvalue weighted by atomic mass is 32.1. The van der Waals surface area contributed by atoms with Crippen molar-refractivity contribution < 1.29 is 14.7 Å². The number of hydrogen-bond donors (Lipinski definition) is 2. The first-order chi connectivity index (χ1) is 9.65. The highest BCUT2D eigenvalue weighted by Gasteiger charge is 2.31. The predicted molar refractivity (Wildman–Crippen MR) is 76.3 cm³/mol. The molecule has 2 amide bonds. The first kappa shape index (κ1) is 12.6. The van der Waals surface area contributed by atoms with Crippen LogP contribution >= 0.6 is 11.3 Å². The molecule has 0 radical (unpaired) electrons. The largest absolute Gasteiger partial charge is 0.502 e. The number of benzene rings is 1. The van der Waals surface area contributed by atoms with Crippen molar-refractivity contribution in [1.82, 2.24) is 5.32 Å². The maximum Gasteiger partial charge on any atom is 0.293 e. The van der Waals surface area contributed by atoms with Crippen LogP contribution in [-0.4, -0.2) is 16.9 Å². The first-order valence-corrected chi connectivity index (χ1v) is 6.89. The Bertz CT molecular complexity index is 716. The molecule has 0 saturated heterocycles. The van der Waals surface area contributed by atoms with E-state index < -0.39 is 17.6 Å². The molecule has 0 saturated carbocycles. The topological polar surface area (TPSA) is 66.4 Å². The molecule has 0 fully saturated rings. The van der Waals surface area contributed by atoms with Crippen LogP contribution in [0.15, 0.2) is 48.2 Å². The number of rotatable bonds is 3. The second-order valence-electron chi connectivity index (χ2n) is 4.44. The molecule has 2 aromatic rings. The van der Waals surface area contributed by atoms with Crippen molar-refractivity contribution in [3.05, 3.63) is 63.5 Å². The molecule has 20 heavy (non-hydrogen) atoms. The Hall–Kier alpha value is -2.40. The van der Waals surface area contributed by atoms with Crippen LogP contribution in [0.2, 0.25) is 0 Å². The Morgan fingerprint density at radius 1 is 1.00 bits per heavy atom. The normalized spacial score (nSPS) is 14.8. The number of carbonyl (C=O) groups excluding carboxylic acids is 2. The number of imide groups is 1. The summed E-state index contributed by atoms with van der Waals surface area (Å²) in [5.74, 6) is -1.77. The van der Waals surface area contributed by atoms with E-state index in [1.807, 2.05) is 36.4 Å². The van der Waals surface area contributed by atoms with Crippen LogP contribution in [-0.2, 0) is 16.0 Å². The summed E-state index contributed by atoms with van der Waals surface area (Å²) in [5, 5.41) is 11.7. The van der Waals surface area contributed by atoms with Gasteiger partial charge in [0.2, 0.25) is 0 Å². The van der Waals surface area contributed by atoms with Gasteiger partial charge in [-0.1, -0.05) is 30.3 Å². The molecule has 1 aromatic heterocycles. The summed E-state index contributed by atoms with van der Waals surface area (Å²) in [4.78, 5) is 24.5. The van der Waals surface area contributed by atoms with Crippen molar-refractivity contribution in [2.75, 3.05) is 0 Å². The number of carbonyl (C=O) groups is 2. The third kappa shape index (κ3) is 2.23. The highest BCUT2D eigenvalue weighted by molar-refractivity contribution is 7.13. The van der Waals surface area contributed by atoms with E-state index in [1.54, 1.807) is 6.07 Å². The van der Waals surface area contributed by atoms with Crippen LogP contribution in [0.25, 0.3) is 5.57 Å². The average Bonchev–Trinajstić information content (AvgIpc) is 2.97. The molecule has 0 atom stereocenters. The Kier molecular flexibility index (Phi) is 3.12. The van der Waals surface area contributed by atoms with Crippen molar-refractivity contribution in [2.24, 2.45) is 0 Å². The van der Waals surface area contributed by atoms with Gasteiger partial charge in [0.05, 0.1) is 0 Å². The zero-order chi connectivity index (χ0) is 14.1. The molecule has 0 spiro atoms. The summed E-state index contributed by atoms with van der Waals surface area (Å²) in [7, 11) is 0. The van der Waals surface area contributed by atoms with Crippen molar-refractivity contribution in [2.45, 2.75) is 6.42 Å². The molecule has 1 aromatic carbocycles. The van der Waals surface area contributed by atoms with Gasteiger partial charge < -0.3 is 5.11 Å². The van der Waals surface area contributed by atoms with Gasteiger partial charge >= 0.3 is 0 Å². The minimum atomic E-state index is -0.733. The van der Waals surface area contributed by atoms with Gasteiger partial charge in [-0.15, -0.1) is 11.3 Å². The van der Waals surface area contributed by atoms with Gasteiger partial charge in [-0.3, -0.25) is 14.9 Å². The van der Waals surface area contributed by atoms with E-state index in [-0.39, 0.29) is 5.57 Å². The Morgan fingerprint density at radius 3 is 2.40 bits per heavy atom. The zero-order valence-electron chi connectivity index (χ0n) is 10.4. The fourth-order valence-corrected chi connectivity index (χ4v) is 3.16. The van der Waals surface area contributed by atoms with E-state index >= 15 is 0 Å². The number of aliphatic hydroxyl groups is 1. The van der Waals surface area contributed by atoms with Gasteiger partial charge in [-0.2, -0.15) is 0 Å². The fraction of sp³-hybridized carbons (Fsp3) is 0.0667. The molecule has 3 rings (SSSR count). The number of amides is 2. The minimum absolute atomic E-state index is 0.0688. The predicted octanol–water partition coefficient (Wildman–Crippen LogP) is 2.26. The molecule has 100 valence electrons. The number of nitrogens with one attached hydrogen (secondary N) is 1. The van der Waals surface area contributed by atoms with Crippen LogP contribution in [0, 0.1) is 0 Å². The van der Waals surface area contributed by atoms with E-state index in [0.717, 1.165) is 11.3 Å². The summed E-state index contributed by atoms with van der Waals surface area (Å²) >= 11 is 1.40. The van der Waals surface area contributed by atoms with Gasteiger partial charge in [-0.05, 0) is 17.7 Å². The van der Waals surface area contributed by atoms with Crippen LogP contribution < -0.4 is 5.32 Å². The maximum atomic E-state index is 11.6. The summed E-state index contributed by atoms with van der Waals surface area (Å²) in [6.07, 6.45) is 0.759. The standard InChI is InChI=1S/C15H11NO3S/c17-13-12(14(18)16-15(13)19)11-7-6-10(20-11)8-9-4-2-1-3-5-9/h1-7H,8H2,(H2,16,17,18,19). The van der Waals surface area contributed by atoms with Gasteiger partial charge in [0.1, 0.15) is 5.57 Å². The molecular formula is C15H11NO3S. The van der Waals surface area contributed by atoms with Crippen molar-refractivity contribution in [3.8, 4) is 0 Å². The summed E-state index contributed by atoms with van der Waals surface area (Å²) in [5.41, 5.74) is 1.24. The van der Waals surface area contributed by atoms with E-state index in [0.29, 0.717) is 4.88 Å². The quantitative estimate of drug-likeness (QED) is 0.850. The highest BCUT2D eigenvalue weighted by Crippen LogP contribution is 2.30. The van der Waals surface area contributed by atoms with Crippen LogP contribution in [0.4, 0.5) is 0 Å². The molecule has 5 heteroatoms. The lowest BCUT2D eigenvalue weighted by Crippen LogP contribution is -2.22. The molecule has 2 N–H and O–H groups in total. The third-order valence-electron chi connectivity index (χ3n) is 3.04. The van der Waals surface area contributed by atoms with Crippen LogP contribution in [0.1, 0.15) is 15.3 Å². The molecule has 4 nitrogen and oxygen atoms in total. The smallest absolute Gasteiger partial charge is 0.293 e. The lowest BCUT2D eigenvalue weighted by atomic mass is 10.1. The van der Waals surface area contributed by atoms with Crippen LogP contribution in [0.5, 0.6) is 0 Å². The summed E-state index contributed by atoms with van der Waals surface area (Å²) in [6.45, 7) is 0. The Balaban J connectivity index is 1.88. The SMILES string of the molecule is O=C1NC(=O)C(c2ccc(Cc3ccccc3)s2)=C1O. The summed E-state index contributed by atoms with van der Waals surface area (Å²) in [6, 6.07) is 13.6. The number of aliphatic hydroxyl groups excluding tert-OH is 1. The first-order valence-electron chi connectivity index (χ1n) is 6.07. The minimum Gasteiger partial charge on any atom is -0.502 e. The average molecular weight is 285 g/mol. The van der Waals surface area contributed by atoms with Gasteiger partial charge in [0.15, 0.2) is 5.76 Å². The second kappa shape index (κ2) is 4.94. The lowest BCUT2D eigenvalue weighted by Gasteiger charge is -1.98. The monoisotopic (exact) mass is 285 g/mol. The second-order valence-corrected chi connectivity index (χ2v) is 5.60. The molecule has 0 bridgehead atoms. The van der Waals surface area contributed by atoms with Gasteiger partial charge in [-0.25, -0.2) is 0 Å². The van der Waals surface area contributed by atoms with E-state index in [1.165, 1.54) is 16.9 Å². The van der Waals surface area contributed by atoms with Crippen molar-refractivity contribution in [1.29, 1.82) is 0 Å². The molecule has 0 aliphatic carbocycles. The Morgan fingerprint density at radius 2 is 1.75 bits per heavy atom. The van der Waals surface area contributed by atoms with E-state index in [4.69, 9.17) is 0 Å². The molecular weight excluding hydrogens is 274 g/mol. The number of thiophene rings is 1. The molecule has 0 unspecified atom stereocenters. The van der Waals surface area contributed by atoms with Crippen molar-refractivity contribution in [3.63, 3.8) is 0 Å². The van der Waals surface area contributed by atoms with Crippen LogP contribution in [0.3, 0.4) is 0 Å². The van der Waals surface area contributed by atoms with Gasteiger partial charge in [0.25, 0.3) is 11.8 Å².